The van der Waals surface area contributed by atoms with Crippen LogP contribution in [0.4, 0.5) is 0 Å². The van der Waals surface area contributed by atoms with Crippen LogP contribution < -0.4 is 0 Å². The Bertz CT molecular complexity index is 946. The number of nitrogens with zero attached hydrogens (tertiary/aromatic N) is 1. The summed E-state index contributed by atoms with van der Waals surface area (Å²) in [6.07, 6.45) is 5.99. The minimum absolute atomic E-state index is 0.00770. The van der Waals surface area contributed by atoms with Crippen LogP contribution in [-0.2, 0) is 26.1 Å². The van der Waals surface area contributed by atoms with Crippen molar-refractivity contribution in [3.05, 3.63) is 47.2 Å². The van der Waals surface area contributed by atoms with E-state index < -0.39 is 5.41 Å². The molecule has 1 fully saturated rings. The van der Waals surface area contributed by atoms with Gasteiger partial charge in [0, 0.05) is 36.3 Å². The number of methoxy groups -OCH3 is 1. The monoisotopic (exact) mass is 380 g/mol. The van der Waals surface area contributed by atoms with Crippen molar-refractivity contribution in [2.24, 2.45) is 0 Å². The highest BCUT2D eigenvalue weighted by Gasteiger charge is 2.58. The van der Waals surface area contributed by atoms with E-state index in [1.54, 1.807) is 0 Å². The van der Waals surface area contributed by atoms with Gasteiger partial charge >= 0.3 is 5.97 Å². The van der Waals surface area contributed by atoms with Crippen LogP contribution in [0.25, 0.3) is 10.9 Å². The first-order valence-corrected chi connectivity index (χ1v) is 10.4. The first kappa shape index (κ1) is 18.0. The Morgan fingerprint density at radius 1 is 1.32 bits per heavy atom. The van der Waals surface area contributed by atoms with E-state index in [-0.39, 0.29) is 18.1 Å². The third-order valence-corrected chi connectivity index (χ3v) is 6.94. The van der Waals surface area contributed by atoms with Crippen LogP contribution in [-0.4, -0.2) is 54.8 Å². The van der Waals surface area contributed by atoms with E-state index in [4.69, 9.17) is 9.47 Å². The van der Waals surface area contributed by atoms with Crippen LogP contribution in [0.3, 0.4) is 0 Å². The molecule has 0 saturated carbocycles. The third kappa shape index (κ3) is 2.36. The Morgan fingerprint density at radius 2 is 2.18 bits per heavy atom. The number of hydrogen-bond donors (Lipinski definition) is 1. The number of aromatic amines is 1. The molecule has 3 unspecified atom stereocenters. The van der Waals surface area contributed by atoms with Crippen LogP contribution in [0.5, 0.6) is 0 Å². The Morgan fingerprint density at radius 3 is 3.00 bits per heavy atom. The number of H-pyrrole nitrogens is 1. The highest BCUT2D eigenvalue weighted by molar-refractivity contribution is 5.92. The fraction of sp³-hybridized carbons (Fsp3) is 0.522. The largest absolute Gasteiger partial charge is 0.468 e. The van der Waals surface area contributed by atoms with Gasteiger partial charge in [0.25, 0.3) is 0 Å². The molecule has 2 aliphatic heterocycles. The molecule has 1 aliphatic carbocycles. The van der Waals surface area contributed by atoms with Gasteiger partial charge in [-0.1, -0.05) is 24.3 Å². The van der Waals surface area contributed by atoms with E-state index in [1.807, 2.05) is 13.0 Å². The molecular formula is C23H28N2O3. The van der Waals surface area contributed by atoms with E-state index >= 15 is 0 Å². The first-order valence-electron chi connectivity index (χ1n) is 10.4. The molecule has 1 N–H and O–H groups in total. The van der Waals surface area contributed by atoms with Crippen molar-refractivity contribution >= 4 is 16.9 Å². The van der Waals surface area contributed by atoms with Crippen molar-refractivity contribution in [1.29, 1.82) is 0 Å². The lowest BCUT2D eigenvalue weighted by molar-refractivity contribution is -0.152. The topological polar surface area (TPSA) is 54.6 Å². The lowest BCUT2D eigenvalue weighted by Gasteiger charge is -2.50. The van der Waals surface area contributed by atoms with Crippen molar-refractivity contribution < 1.29 is 14.3 Å². The lowest BCUT2D eigenvalue weighted by atomic mass is 9.64. The Labute approximate surface area is 165 Å². The van der Waals surface area contributed by atoms with Crippen LogP contribution >= 0.6 is 0 Å². The van der Waals surface area contributed by atoms with Gasteiger partial charge in [-0.3, -0.25) is 9.69 Å². The maximum atomic E-state index is 13.5. The molecule has 3 heterocycles. The van der Waals surface area contributed by atoms with Gasteiger partial charge in [-0.15, -0.1) is 0 Å². The maximum Gasteiger partial charge on any atom is 0.319 e. The molecule has 148 valence electrons. The van der Waals surface area contributed by atoms with Crippen molar-refractivity contribution in [2.75, 3.05) is 26.8 Å². The number of carbonyl (C=O) groups is 1. The molecule has 28 heavy (non-hydrogen) atoms. The standard InChI is InChI=1S/C23H28N2O3/c1-3-28-19-11-14-25-13-10-16-15-7-4-5-9-18(15)24-20(16)23(22(26)27-2)12-6-8-17(19)21(23)25/h4-5,7-9,19,21,24H,3,6,10-14H2,1-2H3. The number of piperidine rings is 1. The fourth-order valence-electron chi connectivity index (χ4n) is 5.89. The zero-order chi connectivity index (χ0) is 19.3. The summed E-state index contributed by atoms with van der Waals surface area (Å²) in [5.74, 6) is -0.125. The van der Waals surface area contributed by atoms with Gasteiger partial charge in [0.2, 0.25) is 0 Å². The Kier molecular flexibility index (Phi) is 4.33. The zero-order valence-electron chi connectivity index (χ0n) is 16.7. The fourth-order valence-corrected chi connectivity index (χ4v) is 5.89. The number of benzene rings is 1. The van der Waals surface area contributed by atoms with Crippen LogP contribution in [0, 0.1) is 0 Å². The molecule has 5 nitrogen and oxygen atoms in total. The molecule has 3 aliphatic rings. The smallest absolute Gasteiger partial charge is 0.319 e. The second-order valence-electron chi connectivity index (χ2n) is 8.15. The van der Waals surface area contributed by atoms with Crippen molar-refractivity contribution in [3.63, 3.8) is 0 Å². The van der Waals surface area contributed by atoms with Crippen LogP contribution in [0.2, 0.25) is 0 Å². The minimum atomic E-state index is -0.695. The van der Waals surface area contributed by atoms with Gasteiger partial charge in [0.05, 0.1) is 19.3 Å². The quantitative estimate of drug-likeness (QED) is 0.656. The molecule has 5 heteroatoms. The van der Waals surface area contributed by atoms with Gasteiger partial charge < -0.3 is 14.5 Å². The molecule has 1 saturated heterocycles. The van der Waals surface area contributed by atoms with Crippen molar-refractivity contribution in [3.8, 4) is 0 Å². The van der Waals surface area contributed by atoms with Gasteiger partial charge in [0.1, 0.15) is 5.41 Å². The normalized spacial score (nSPS) is 29.6. The number of para-hydroxylation sites is 1. The number of rotatable bonds is 3. The molecule has 0 radical (unpaired) electrons. The average molecular weight is 380 g/mol. The molecule has 3 atom stereocenters. The second-order valence-corrected chi connectivity index (χ2v) is 8.15. The van der Waals surface area contributed by atoms with E-state index in [0.717, 1.165) is 50.0 Å². The second kappa shape index (κ2) is 6.75. The minimum Gasteiger partial charge on any atom is -0.468 e. The van der Waals surface area contributed by atoms with E-state index in [0.29, 0.717) is 6.61 Å². The highest BCUT2D eigenvalue weighted by atomic mass is 16.5. The predicted octanol–water partition coefficient (Wildman–Crippen LogP) is 3.33. The summed E-state index contributed by atoms with van der Waals surface area (Å²) in [6.45, 7) is 4.64. The molecular weight excluding hydrogens is 352 g/mol. The zero-order valence-corrected chi connectivity index (χ0v) is 16.7. The summed E-state index contributed by atoms with van der Waals surface area (Å²) in [6, 6.07) is 8.41. The maximum absolute atomic E-state index is 13.5. The third-order valence-electron chi connectivity index (χ3n) is 6.94. The van der Waals surface area contributed by atoms with Gasteiger partial charge in [-0.25, -0.2) is 0 Å². The number of hydrogen-bond acceptors (Lipinski definition) is 4. The first-order chi connectivity index (χ1) is 13.7. The molecule has 2 aromatic rings. The van der Waals surface area contributed by atoms with Gasteiger partial charge in [0.15, 0.2) is 0 Å². The summed E-state index contributed by atoms with van der Waals surface area (Å²) in [4.78, 5) is 19.6. The van der Waals surface area contributed by atoms with E-state index in [1.165, 1.54) is 23.6 Å². The summed E-state index contributed by atoms with van der Waals surface area (Å²) < 4.78 is 11.6. The predicted molar refractivity (Wildman–Crippen MR) is 108 cm³/mol. The number of aromatic nitrogens is 1. The molecule has 0 amide bonds. The van der Waals surface area contributed by atoms with E-state index in [9.17, 15) is 4.79 Å². The van der Waals surface area contributed by atoms with Crippen molar-refractivity contribution in [2.45, 2.75) is 50.2 Å². The lowest BCUT2D eigenvalue weighted by Crippen LogP contribution is -2.61. The van der Waals surface area contributed by atoms with Crippen LogP contribution in [0.15, 0.2) is 35.9 Å². The summed E-state index contributed by atoms with van der Waals surface area (Å²) >= 11 is 0. The molecule has 0 bridgehead atoms. The molecule has 0 spiro atoms. The number of ether oxygens (including phenoxy) is 2. The number of allylic oxidation sites excluding steroid dienone is 1. The van der Waals surface area contributed by atoms with Crippen molar-refractivity contribution in [1.82, 2.24) is 9.88 Å². The molecule has 1 aromatic heterocycles. The SMILES string of the molecule is CCOC1CCN2CCc3c([nH]c4ccccc34)C3(C(=O)OC)CCC=C1C23. The summed E-state index contributed by atoms with van der Waals surface area (Å²) in [5, 5.41) is 1.23. The highest BCUT2D eigenvalue weighted by Crippen LogP contribution is 2.50. The Hall–Kier alpha value is -2.11. The van der Waals surface area contributed by atoms with Gasteiger partial charge in [-0.2, -0.15) is 0 Å². The molecule has 5 rings (SSSR count). The summed E-state index contributed by atoms with van der Waals surface area (Å²) in [7, 11) is 1.52. The summed E-state index contributed by atoms with van der Waals surface area (Å²) in [5.41, 5.74) is 4.04. The van der Waals surface area contributed by atoms with Gasteiger partial charge in [-0.05, 0) is 49.8 Å². The number of fused-ring (bicyclic) bond motifs is 4. The number of nitrogens with one attached hydrogen (secondary N) is 1. The molecule has 1 aromatic carbocycles. The van der Waals surface area contributed by atoms with Crippen LogP contribution in [0.1, 0.15) is 37.4 Å². The number of esters is 1. The van der Waals surface area contributed by atoms with E-state index in [2.05, 4.69) is 34.2 Å². The average Bonchev–Trinajstić information content (AvgIpc) is 3.04. The number of carbonyl (C=O) groups excluding carboxylic acids is 1. The Balaban J connectivity index is 1.76.